The highest BCUT2D eigenvalue weighted by Gasteiger charge is 2.33. The molecule has 1 atom stereocenters. The summed E-state index contributed by atoms with van der Waals surface area (Å²) in [4.78, 5) is 16.2. The van der Waals surface area contributed by atoms with Crippen LogP contribution >= 0.6 is 23.2 Å². The third-order valence-corrected chi connectivity index (χ3v) is 6.85. The number of benzene rings is 3. The Hall–Kier alpha value is -3.08. The molecule has 0 bridgehead atoms. The van der Waals surface area contributed by atoms with Crippen molar-refractivity contribution in [3.05, 3.63) is 117 Å². The van der Waals surface area contributed by atoms with E-state index in [0.29, 0.717) is 0 Å². The molecule has 1 amide bonds. The summed E-state index contributed by atoms with van der Waals surface area (Å²) in [5.74, 6) is -0.208. The molecule has 4 aromatic rings. The van der Waals surface area contributed by atoms with Crippen LogP contribution in [0.5, 0.6) is 0 Å². The summed E-state index contributed by atoms with van der Waals surface area (Å²) in [5.41, 5.74) is 6.98. The second kappa shape index (κ2) is 10.5. The molecule has 0 aliphatic rings. The Balaban J connectivity index is 1.93. The normalized spacial score (nSPS) is 11.7. The highest BCUT2D eigenvalue weighted by molar-refractivity contribution is 6.87. The van der Waals surface area contributed by atoms with Gasteiger partial charge in [0.2, 0.25) is 12.6 Å². The van der Waals surface area contributed by atoms with Crippen molar-refractivity contribution in [3.63, 3.8) is 0 Å². The van der Waals surface area contributed by atoms with Gasteiger partial charge in [0.05, 0.1) is 0 Å². The Bertz CT molecular complexity index is 1260. The number of pyridine rings is 1. The van der Waals surface area contributed by atoms with Crippen LogP contribution in [-0.4, -0.2) is 17.6 Å². The van der Waals surface area contributed by atoms with E-state index < -0.39 is 0 Å². The molecule has 1 N–H and O–H groups in total. The summed E-state index contributed by atoms with van der Waals surface area (Å²) in [6.45, 7) is 5.42. The van der Waals surface area contributed by atoms with Crippen molar-refractivity contribution in [2.45, 2.75) is 26.6 Å². The quantitative estimate of drug-likeness (QED) is 0.342. The molecule has 1 heterocycles. The second-order valence-corrected chi connectivity index (χ2v) is 9.34. The Morgan fingerprint density at radius 2 is 1.44 bits per heavy atom. The summed E-state index contributed by atoms with van der Waals surface area (Å²) < 4.78 is 0. The maximum absolute atomic E-state index is 11.5. The number of anilines is 1. The third-order valence-electron chi connectivity index (χ3n) is 6.04. The van der Waals surface area contributed by atoms with Gasteiger partial charge in [0, 0.05) is 40.4 Å². The van der Waals surface area contributed by atoms with Crippen LogP contribution in [0.25, 0.3) is 0 Å². The molecule has 0 aliphatic heterocycles. The van der Waals surface area contributed by atoms with Gasteiger partial charge in [-0.05, 0) is 66.9 Å². The van der Waals surface area contributed by atoms with Crippen molar-refractivity contribution < 1.29 is 4.79 Å². The average molecular weight is 487 g/mol. The van der Waals surface area contributed by atoms with Crippen LogP contribution in [0.2, 0.25) is 10.0 Å². The molecule has 34 heavy (non-hydrogen) atoms. The molecule has 0 aliphatic carbocycles. The first-order chi connectivity index (χ1) is 16.3. The first-order valence-electron chi connectivity index (χ1n) is 11.1. The topological polar surface area (TPSA) is 42.0 Å². The predicted octanol–water partition coefficient (Wildman–Crippen LogP) is 5.94. The zero-order chi connectivity index (χ0) is 24.2. The summed E-state index contributed by atoms with van der Waals surface area (Å²) in [7, 11) is 0. The van der Waals surface area contributed by atoms with Gasteiger partial charge in [-0.25, -0.2) is 0 Å². The monoisotopic (exact) mass is 486 g/mol. The van der Waals surface area contributed by atoms with E-state index in [1.54, 1.807) is 0 Å². The molecular weight excluding hydrogens is 462 g/mol. The van der Waals surface area contributed by atoms with Gasteiger partial charge in [-0.15, -0.1) is 0 Å². The lowest BCUT2D eigenvalue weighted by atomic mass is 9.32. The van der Waals surface area contributed by atoms with Crippen LogP contribution in [-0.2, 0) is 4.79 Å². The number of nitrogens with zero attached hydrogens (tertiary/aromatic N) is 1. The van der Waals surface area contributed by atoms with Gasteiger partial charge < -0.3 is 5.32 Å². The van der Waals surface area contributed by atoms with Crippen LogP contribution in [0.3, 0.4) is 0 Å². The second-order valence-electron chi connectivity index (χ2n) is 8.53. The third kappa shape index (κ3) is 5.35. The number of carbonyl (C=O) groups excluding carboxylic acids is 1. The van der Waals surface area contributed by atoms with Gasteiger partial charge in [-0.1, -0.05) is 76.6 Å². The highest BCUT2D eigenvalue weighted by Crippen LogP contribution is 2.29. The standard InChI is InChI=1S/C28H25BCl2N2O/c1-18-7-11-22(16-25(18)30)29(23-12-8-19(2)26(31)17-23)28(27-6-4-5-15-32-27)21-9-13-24(14-10-21)33-20(3)34/h4-17,28H,1-3H3,(H,33,34). The van der Waals surface area contributed by atoms with Crippen molar-refractivity contribution in [1.82, 2.24) is 4.98 Å². The summed E-state index contributed by atoms with van der Waals surface area (Å²) >= 11 is 13.2. The lowest BCUT2D eigenvalue weighted by Gasteiger charge is -2.27. The Morgan fingerprint density at radius 3 is 1.91 bits per heavy atom. The Morgan fingerprint density at radius 1 is 0.853 bits per heavy atom. The molecule has 170 valence electrons. The lowest BCUT2D eigenvalue weighted by Crippen LogP contribution is -2.48. The molecule has 0 fully saturated rings. The van der Waals surface area contributed by atoms with Gasteiger partial charge in [0.15, 0.2) is 0 Å². The Kier molecular flexibility index (Phi) is 7.40. The van der Waals surface area contributed by atoms with Gasteiger partial charge in [-0.2, -0.15) is 0 Å². The summed E-state index contributed by atoms with van der Waals surface area (Å²) in [6.07, 6.45) is 1.81. The first-order valence-corrected chi connectivity index (χ1v) is 11.9. The molecule has 0 saturated carbocycles. The van der Waals surface area contributed by atoms with E-state index in [0.717, 1.165) is 49.0 Å². The van der Waals surface area contributed by atoms with Gasteiger partial charge >= 0.3 is 0 Å². The lowest BCUT2D eigenvalue weighted by molar-refractivity contribution is -0.114. The number of amides is 1. The minimum Gasteiger partial charge on any atom is -0.326 e. The van der Waals surface area contributed by atoms with E-state index in [1.807, 2.05) is 74.6 Å². The zero-order valence-corrected chi connectivity index (χ0v) is 20.9. The molecule has 3 aromatic carbocycles. The van der Waals surface area contributed by atoms with Crippen molar-refractivity contribution in [3.8, 4) is 0 Å². The fourth-order valence-electron chi connectivity index (χ4n) is 4.25. The smallest absolute Gasteiger partial charge is 0.223 e. The minimum atomic E-state index is -0.106. The van der Waals surface area contributed by atoms with Crippen LogP contribution in [0.15, 0.2) is 85.1 Å². The van der Waals surface area contributed by atoms with Gasteiger partial charge in [-0.3, -0.25) is 9.78 Å². The number of hydrogen-bond donors (Lipinski definition) is 1. The van der Waals surface area contributed by atoms with Crippen molar-refractivity contribution in [2.24, 2.45) is 0 Å². The van der Waals surface area contributed by atoms with Crippen LogP contribution < -0.4 is 16.2 Å². The van der Waals surface area contributed by atoms with E-state index in [-0.39, 0.29) is 18.4 Å². The van der Waals surface area contributed by atoms with Crippen LogP contribution in [0, 0.1) is 13.8 Å². The van der Waals surface area contributed by atoms with E-state index in [2.05, 4.69) is 29.6 Å². The largest absolute Gasteiger partial charge is 0.326 e. The summed E-state index contributed by atoms with van der Waals surface area (Å²) in [5, 5.41) is 4.29. The van der Waals surface area contributed by atoms with Crippen molar-refractivity contribution in [1.29, 1.82) is 0 Å². The average Bonchev–Trinajstić information content (AvgIpc) is 2.82. The van der Waals surface area contributed by atoms with Gasteiger partial charge in [0.1, 0.15) is 0 Å². The van der Waals surface area contributed by atoms with Crippen LogP contribution in [0.4, 0.5) is 5.69 Å². The maximum atomic E-state index is 11.5. The zero-order valence-electron chi connectivity index (χ0n) is 19.3. The Labute approximate surface area is 211 Å². The molecule has 0 saturated heterocycles. The molecule has 6 heteroatoms. The SMILES string of the molecule is CC(=O)Nc1ccc(C(B(c2ccc(C)c(Cl)c2)c2ccc(C)c(Cl)c2)c2ccccn2)cc1. The molecule has 1 aromatic heterocycles. The van der Waals surface area contributed by atoms with Crippen molar-refractivity contribution >= 4 is 52.4 Å². The first kappa shape index (κ1) is 24.1. The number of aromatic nitrogens is 1. The number of hydrogen-bond acceptors (Lipinski definition) is 2. The minimum absolute atomic E-state index is 0.0854. The van der Waals surface area contributed by atoms with Crippen LogP contribution in [0.1, 0.15) is 35.1 Å². The molecule has 1 unspecified atom stereocenters. The number of halogens is 2. The predicted molar refractivity (Wildman–Crippen MR) is 144 cm³/mol. The fourth-order valence-corrected chi connectivity index (χ4v) is 4.63. The van der Waals surface area contributed by atoms with E-state index in [9.17, 15) is 4.79 Å². The van der Waals surface area contributed by atoms with E-state index in [1.165, 1.54) is 6.92 Å². The molecule has 0 radical (unpaired) electrons. The number of nitrogens with one attached hydrogen (secondary N) is 1. The van der Waals surface area contributed by atoms with Gasteiger partial charge in [0.25, 0.3) is 0 Å². The number of carbonyl (C=O) groups is 1. The highest BCUT2D eigenvalue weighted by atomic mass is 35.5. The number of aryl methyl sites for hydroxylation is 2. The maximum Gasteiger partial charge on any atom is 0.223 e. The van der Waals surface area contributed by atoms with E-state index >= 15 is 0 Å². The summed E-state index contributed by atoms with van der Waals surface area (Å²) in [6, 6.07) is 26.3. The van der Waals surface area contributed by atoms with Crippen molar-refractivity contribution in [2.75, 3.05) is 5.32 Å². The van der Waals surface area contributed by atoms with E-state index in [4.69, 9.17) is 28.2 Å². The molecule has 0 spiro atoms. The molecular formula is C28H25BCl2N2O. The fraction of sp³-hybridized carbons (Fsp3) is 0.143. The molecule has 4 rings (SSSR count). The molecule has 3 nitrogen and oxygen atoms in total. The number of rotatable bonds is 6.